The molecule has 0 N–H and O–H groups in total. The maximum absolute atomic E-state index is 6.15. The van der Waals surface area contributed by atoms with Crippen LogP contribution in [0.2, 0.25) is 0 Å². The molecular formula is C54H111BO3S3. The Balaban J connectivity index is 3.96. The van der Waals surface area contributed by atoms with Crippen molar-refractivity contribution in [3.8, 4) is 0 Å². The van der Waals surface area contributed by atoms with Gasteiger partial charge in [-0.2, -0.15) is 35.3 Å². The van der Waals surface area contributed by atoms with Crippen molar-refractivity contribution in [2.24, 2.45) is 0 Å². The van der Waals surface area contributed by atoms with Crippen molar-refractivity contribution in [3.63, 3.8) is 0 Å². The largest absolute Gasteiger partial charge is 0.639 e. The van der Waals surface area contributed by atoms with Gasteiger partial charge in [0.05, 0.1) is 0 Å². The van der Waals surface area contributed by atoms with E-state index in [9.17, 15) is 0 Å². The second kappa shape index (κ2) is 59.0. The summed E-state index contributed by atoms with van der Waals surface area (Å²) in [5.74, 6) is 6.84. The van der Waals surface area contributed by atoms with Gasteiger partial charge in [-0.25, -0.2) is 0 Å². The van der Waals surface area contributed by atoms with Gasteiger partial charge in [0.2, 0.25) is 0 Å². The third kappa shape index (κ3) is 57.1. The Hall–Kier alpha value is 0.995. The second-order valence-corrected chi connectivity index (χ2v) is 22.2. The fourth-order valence-corrected chi connectivity index (χ4v) is 10.7. The minimum Gasteiger partial charge on any atom is -0.385 e. The molecule has 0 spiro atoms. The van der Waals surface area contributed by atoms with E-state index in [0.717, 1.165) is 17.3 Å². The third-order valence-corrected chi connectivity index (χ3v) is 15.5. The number of unbranched alkanes of at least 4 members (excludes halogenated alkanes) is 39. The topological polar surface area (TPSA) is 27.7 Å². The van der Waals surface area contributed by atoms with E-state index in [1.165, 1.54) is 287 Å². The van der Waals surface area contributed by atoms with Crippen molar-refractivity contribution in [3.05, 3.63) is 0 Å². The zero-order valence-electron chi connectivity index (χ0n) is 42.1. The Bertz CT molecular complexity index is 655. The highest BCUT2D eigenvalue weighted by atomic mass is 32.2. The second-order valence-electron chi connectivity index (χ2n) is 18.5. The predicted molar refractivity (Wildman–Crippen MR) is 287 cm³/mol. The van der Waals surface area contributed by atoms with Crippen LogP contribution >= 0.6 is 35.3 Å². The zero-order valence-corrected chi connectivity index (χ0v) is 44.5. The van der Waals surface area contributed by atoms with Gasteiger partial charge in [-0.3, -0.25) is 0 Å². The van der Waals surface area contributed by atoms with E-state index >= 15 is 0 Å². The Kier molecular flexibility index (Phi) is 60.0. The van der Waals surface area contributed by atoms with Gasteiger partial charge in [-0.1, -0.05) is 271 Å². The number of hydrogen-bond donors (Lipinski definition) is 0. The maximum Gasteiger partial charge on any atom is 0.639 e. The highest BCUT2D eigenvalue weighted by Crippen LogP contribution is 2.18. The summed E-state index contributed by atoms with van der Waals surface area (Å²) in [6.07, 6.45) is 59.9. The molecule has 0 aromatic heterocycles. The van der Waals surface area contributed by atoms with Crippen LogP contribution in [-0.2, 0) is 14.0 Å². The first-order valence-electron chi connectivity index (χ1n) is 27.9. The summed E-state index contributed by atoms with van der Waals surface area (Å²) < 4.78 is 18.4. The van der Waals surface area contributed by atoms with E-state index in [-0.39, 0.29) is 0 Å². The van der Waals surface area contributed by atoms with Crippen molar-refractivity contribution in [1.29, 1.82) is 0 Å². The van der Waals surface area contributed by atoms with Gasteiger partial charge in [-0.05, 0) is 36.5 Å². The monoisotopic (exact) mass is 915 g/mol. The van der Waals surface area contributed by atoms with Crippen molar-refractivity contribution in [2.75, 3.05) is 54.3 Å². The summed E-state index contributed by atoms with van der Waals surface area (Å²) in [6.45, 7) is 9.06. The Morgan fingerprint density at radius 3 is 0.557 bits per heavy atom. The van der Waals surface area contributed by atoms with Crippen LogP contribution in [0.25, 0.3) is 0 Å². The van der Waals surface area contributed by atoms with Gasteiger partial charge in [-0.15, -0.1) is 0 Å². The molecule has 0 aromatic carbocycles. The number of hydrogen-bond acceptors (Lipinski definition) is 6. The van der Waals surface area contributed by atoms with Crippen molar-refractivity contribution >= 4 is 42.6 Å². The van der Waals surface area contributed by atoms with Crippen LogP contribution in [0.5, 0.6) is 0 Å². The first-order chi connectivity index (χ1) is 30.3. The molecular weight excluding hydrogens is 804 g/mol. The van der Waals surface area contributed by atoms with Gasteiger partial charge in [0, 0.05) is 37.1 Å². The molecule has 0 rings (SSSR count). The van der Waals surface area contributed by atoms with Crippen LogP contribution in [0.4, 0.5) is 0 Å². The molecule has 0 heterocycles. The molecule has 0 saturated heterocycles. The summed E-state index contributed by atoms with van der Waals surface area (Å²) in [7, 11) is -0.509. The summed E-state index contributed by atoms with van der Waals surface area (Å²) in [4.78, 5) is 0. The highest BCUT2D eigenvalue weighted by molar-refractivity contribution is 7.99. The molecule has 366 valence electrons. The molecule has 0 radical (unpaired) electrons. The molecule has 7 heteroatoms. The van der Waals surface area contributed by atoms with E-state index < -0.39 is 7.32 Å². The molecule has 0 atom stereocenters. The molecule has 0 amide bonds. The van der Waals surface area contributed by atoms with Gasteiger partial charge in [0.1, 0.15) is 0 Å². The lowest BCUT2D eigenvalue weighted by atomic mass is 10.0. The standard InChI is InChI=1S/C54H111BO3S3/c1-4-7-10-13-16-19-22-25-28-31-34-37-40-43-49-59-52-46-56-55(57-47-53-60-50-44-41-38-35-32-29-26-23-20-17-14-11-8-5-2)58-48-54-61-51-45-42-39-36-33-30-27-24-21-18-15-12-9-6-3/h4-54H2,1-3H3. The molecule has 0 unspecified atom stereocenters. The molecule has 0 fully saturated rings. The molecule has 0 bridgehead atoms. The van der Waals surface area contributed by atoms with Crippen LogP contribution in [0.3, 0.4) is 0 Å². The fourth-order valence-electron chi connectivity index (χ4n) is 8.26. The Morgan fingerprint density at radius 1 is 0.213 bits per heavy atom. The molecule has 0 aromatic rings. The molecule has 0 aliphatic heterocycles. The Labute approximate surface area is 399 Å². The third-order valence-electron chi connectivity index (χ3n) is 12.4. The lowest BCUT2D eigenvalue weighted by Crippen LogP contribution is -2.30. The number of thioether (sulfide) groups is 3. The van der Waals surface area contributed by atoms with Gasteiger partial charge in [0.25, 0.3) is 0 Å². The SMILES string of the molecule is CCCCCCCCCCCCCCCCSCCOB(OCCSCCCCCCCCCCCCCCCC)OCCSCCCCCCCCCCCCCCCC. The zero-order chi connectivity index (χ0) is 43.9. The first kappa shape index (κ1) is 62.0. The summed E-state index contributed by atoms with van der Waals surface area (Å²) in [6, 6.07) is 0. The highest BCUT2D eigenvalue weighted by Gasteiger charge is 2.21. The normalized spacial score (nSPS) is 11.7. The summed E-state index contributed by atoms with van der Waals surface area (Å²) in [5, 5.41) is 0. The van der Waals surface area contributed by atoms with Crippen LogP contribution in [0.15, 0.2) is 0 Å². The molecule has 0 aliphatic carbocycles. The Morgan fingerprint density at radius 2 is 0.377 bits per heavy atom. The summed E-state index contributed by atoms with van der Waals surface area (Å²) >= 11 is 6.11. The van der Waals surface area contributed by atoms with Gasteiger partial charge in [0.15, 0.2) is 0 Å². The van der Waals surface area contributed by atoms with Crippen LogP contribution in [0.1, 0.15) is 290 Å². The van der Waals surface area contributed by atoms with E-state index in [1.54, 1.807) is 0 Å². The quantitative estimate of drug-likeness (QED) is 0.0446. The fraction of sp³-hybridized carbons (Fsp3) is 1.00. The lowest BCUT2D eigenvalue weighted by Gasteiger charge is -2.14. The molecule has 3 nitrogen and oxygen atoms in total. The van der Waals surface area contributed by atoms with E-state index in [1.807, 2.05) is 35.3 Å². The van der Waals surface area contributed by atoms with Crippen LogP contribution < -0.4 is 0 Å². The van der Waals surface area contributed by atoms with Crippen molar-refractivity contribution in [2.45, 2.75) is 290 Å². The molecule has 0 saturated carbocycles. The summed E-state index contributed by atoms with van der Waals surface area (Å²) in [5.41, 5.74) is 0. The van der Waals surface area contributed by atoms with Crippen molar-refractivity contribution in [1.82, 2.24) is 0 Å². The van der Waals surface area contributed by atoms with Crippen molar-refractivity contribution < 1.29 is 14.0 Å². The average Bonchev–Trinajstić information content (AvgIpc) is 3.27. The van der Waals surface area contributed by atoms with E-state index in [4.69, 9.17) is 14.0 Å². The smallest absolute Gasteiger partial charge is 0.385 e. The van der Waals surface area contributed by atoms with Gasteiger partial charge >= 0.3 is 7.32 Å². The van der Waals surface area contributed by atoms with E-state index in [2.05, 4.69) is 20.8 Å². The first-order valence-corrected chi connectivity index (χ1v) is 31.4. The maximum atomic E-state index is 6.15. The van der Waals surface area contributed by atoms with Crippen LogP contribution in [0, 0.1) is 0 Å². The molecule has 0 aliphatic rings. The number of rotatable bonds is 57. The van der Waals surface area contributed by atoms with Gasteiger partial charge < -0.3 is 14.0 Å². The average molecular weight is 915 g/mol. The lowest BCUT2D eigenvalue weighted by molar-refractivity contribution is 0.109. The minimum absolute atomic E-state index is 0.509. The molecule has 61 heavy (non-hydrogen) atoms. The van der Waals surface area contributed by atoms with Crippen LogP contribution in [-0.4, -0.2) is 61.7 Å². The van der Waals surface area contributed by atoms with E-state index in [0.29, 0.717) is 19.8 Å². The predicted octanol–water partition coefficient (Wildman–Crippen LogP) is 19.7. The minimum atomic E-state index is -0.509.